The Morgan fingerprint density at radius 3 is 2.00 bits per heavy atom. The molecule has 0 aliphatic carbocycles. The molecule has 0 N–H and O–H groups in total. The van der Waals surface area contributed by atoms with Crippen molar-refractivity contribution < 1.29 is 4.39 Å². The van der Waals surface area contributed by atoms with Gasteiger partial charge in [-0.2, -0.15) is 0 Å². The second kappa shape index (κ2) is 4.27. The van der Waals surface area contributed by atoms with Crippen LogP contribution in [0.25, 0.3) is 11.4 Å². The molecule has 0 radical (unpaired) electrons. The van der Waals surface area contributed by atoms with Gasteiger partial charge in [0.25, 0.3) is 0 Å². The Morgan fingerprint density at radius 2 is 1.50 bits per heavy atom. The van der Waals surface area contributed by atoms with Crippen LogP contribution in [0.4, 0.5) is 4.39 Å². The fourth-order valence-electron chi connectivity index (χ4n) is 1.14. The molecule has 0 amide bonds. The van der Waals surface area contributed by atoms with Crippen molar-refractivity contribution in [3.05, 3.63) is 33.8 Å². The minimum absolute atomic E-state index is 0.123. The standard InChI is InChI=1S/C9H5Cl2FN4/c1-4-13-15-9(16-14-4)8-6(10)2-5(12)3-7(8)11/h2-3H,1H3. The van der Waals surface area contributed by atoms with Gasteiger partial charge < -0.3 is 0 Å². The van der Waals surface area contributed by atoms with Crippen molar-refractivity contribution in [1.82, 2.24) is 20.4 Å². The zero-order valence-electron chi connectivity index (χ0n) is 8.08. The number of halogens is 3. The first-order valence-electron chi connectivity index (χ1n) is 4.27. The lowest BCUT2D eigenvalue weighted by Gasteiger charge is -2.04. The van der Waals surface area contributed by atoms with Crippen molar-refractivity contribution >= 4 is 23.2 Å². The van der Waals surface area contributed by atoms with E-state index in [9.17, 15) is 4.39 Å². The summed E-state index contributed by atoms with van der Waals surface area (Å²) >= 11 is 11.7. The first-order chi connectivity index (χ1) is 7.58. The number of rotatable bonds is 1. The van der Waals surface area contributed by atoms with Crippen LogP contribution in [0.3, 0.4) is 0 Å². The highest BCUT2D eigenvalue weighted by atomic mass is 35.5. The van der Waals surface area contributed by atoms with Crippen LogP contribution in [-0.4, -0.2) is 20.4 Å². The number of nitrogens with zero attached hydrogens (tertiary/aromatic N) is 4. The van der Waals surface area contributed by atoms with Crippen molar-refractivity contribution in [2.45, 2.75) is 6.92 Å². The molecule has 4 nitrogen and oxygen atoms in total. The van der Waals surface area contributed by atoms with Crippen molar-refractivity contribution in [2.75, 3.05) is 0 Å². The molecule has 1 aromatic carbocycles. The van der Waals surface area contributed by atoms with Gasteiger partial charge in [-0.25, -0.2) is 4.39 Å². The lowest BCUT2D eigenvalue weighted by Crippen LogP contribution is -1.99. The molecular weight excluding hydrogens is 254 g/mol. The fourth-order valence-corrected chi connectivity index (χ4v) is 1.76. The van der Waals surface area contributed by atoms with Gasteiger partial charge in [-0.05, 0) is 19.1 Å². The molecule has 0 fully saturated rings. The number of hydrogen-bond acceptors (Lipinski definition) is 4. The summed E-state index contributed by atoms with van der Waals surface area (Å²) in [4.78, 5) is 0. The summed E-state index contributed by atoms with van der Waals surface area (Å²) in [7, 11) is 0. The van der Waals surface area contributed by atoms with Crippen LogP contribution in [0.5, 0.6) is 0 Å². The maximum absolute atomic E-state index is 12.9. The molecule has 0 spiro atoms. The molecule has 1 heterocycles. The Bertz CT molecular complexity index is 507. The molecule has 7 heteroatoms. The summed E-state index contributed by atoms with van der Waals surface area (Å²) in [5.41, 5.74) is 0.324. The van der Waals surface area contributed by atoms with Crippen molar-refractivity contribution in [3.63, 3.8) is 0 Å². The average molecular weight is 259 g/mol. The Balaban J connectivity index is 2.60. The zero-order chi connectivity index (χ0) is 11.7. The summed E-state index contributed by atoms with van der Waals surface area (Å²) in [6.07, 6.45) is 0. The third-order valence-electron chi connectivity index (χ3n) is 1.81. The third-order valence-corrected chi connectivity index (χ3v) is 2.41. The van der Waals surface area contributed by atoms with E-state index in [2.05, 4.69) is 20.4 Å². The minimum Gasteiger partial charge on any atom is -0.207 e. The minimum atomic E-state index is -0.521. The van der Waals surface area contributed by atoms with Crippen LogP contribution in [0, 0.1) is 12.7 Å². The van der Waals surface area contributed by atoms with E-state index in [1.807, 2.05) is 0 Å². The highest BCUT2D eigenvalue weighted by molar-refractivity contribution is 6.38. The topological polar surface area (TPSA) is 51.6 Å². The Hall–Kier alpha value is -1.33. The molecule has 0 saturated carbocycles. The Morgan fingerprint density at radius 1 is 1.00 bits per heavy atom. The highest BCUT2D eigenvalue weighted by Gasteiger charge is 2.14. The van der Waals surface area contributed by atoms with Gasteiger partial charge in [-0.1, -0.05) is 23.2 Å². The third kappa shape index (κ3) is 2.10. The second-order valence-corrected chi connectivity index (χ2v) is 3.83. The normalized spacial score (nSPS) is 10.5. The summed E-state index contributed by atoms with van der Waals surface area (Å²) < 4.78 is 12.9. The number of aromatic nitrogens is 4. The van der Waals surface area contributed by atoms with E-state index >= 15 is 0 Å². The van der Waals surface area contributed by atoms with E-state index in [0.717, 1.165) is 12.1 Å². The molecule has 2 rings (SSSR count). The molecule has 1 aromatic heterocycles. The number of hydrogen-bond donors (Lipinski definition) is 0. The predicted octanol–water partition coefficient (Wildman–Crippen LogP) is 2.69. The van der Waals surface area contributed by atoms with Gasteiger partial charge in [-0.15, -0.1) is 20.4 Å². The van der Waals surface area contributed by atoms with Gasteiger partial charge in [0.05, 0.1) is 15.6 Å². The lowest BCUT2D eigenvalue weighted by molar-refractivity contribution is 0.628. The molecule has 82 valence electrons. The summed E-state index contributed by atoms with van der Waals surface area (Å²) in [6.45, 7) is 1.65. The van der Waals surface area contributed by atoms with E-state index in [1.54, 1.807) is 6.92 Å². The molecule has 16 heavy (non-hydrogen) atoms. The molecule has 0 aliphatic rings. The van der Waals surface area contributed by atoms with Gasteiger partial charge in [0.2, 0.25) is 5.82 Å². The highest BCUT2D eigenvalue weighted by Crippen LogP contribution is 2.32. The van der Waals surface area contributed by atoms with Crippen molar-refractivity contribution in [3.8, 4) is 11.4 Å². The van der Waals surface area contributed by atoms with Crippen molar-refractivity contribution in [2.24, 2.45) is 0 Å². The molecule has 2 aromatic rings. The van der Waals surface area contributed by atoms with Crippen LogP contribution >= 0.6 is 23.2 Å². The van der Waals surface area contributed by atoms with Gasteiger partial charge in [-0.3, -0.25) is 0 Å². The molecular formula is C9H5Cl2FN4. The fraction of sp³-hybridized carbons (Fsp3) is 0.111. The van der Waals surface area contributed by atoms with E-state index < -0.39 is 5.82 Å². The Kier molecular flexibility index (Phi) is 2.98. The van der Waals surface area contributed by atoms with Crippen LogP contribution in [0.1, 0.15) is 5.82 Å². The second-order valence-electron chi connectivity index (χ2n) is 3.02. The van der Waals surface area contributed by atoms with Crippen LogP contribution in [0.2, 0.25) is 10.0 Å². The summed E-state index contributed by atoms with van der Waals surface area (Å²) in [6, 6.07) is 2.26. The first-order valence-corrected chi connectivity index (χ1v) is 5.02. The SMILES string of the molecule is Cc1nnc(-c2c(Cl)cc(F)cc2Cl)nn1. The number of benzene rings is 1. The van der Waals surface area contributed by atoms with Crippen LogP contribution in [0.15, 0.2) is 12.1 Å². The Labute approximate surface area is 100 Å². The molecule has 0 bridgehead atoms. The van der Waals surface area contributed by atoms with Crippen LogP contribution < -0.4 is 0 Å². The van der Waals surface area contributed by atoms with E-state index in [4.69, 9.17) is 23.2 Å². The van der Waals surface area contributed by atoms with E-state index in [0.29, 0.717) is 11.4 Å². The average Bonchev–Trinajstić information content (AvgIpc) is 2.19. The van der Waals surface area contributed by atoms with Gasteiger partial charge in [0.15, 0.2) is 5.82 Å². The zero-order valence-corrected chi connectivity index (χ0v) is 9.59. The van der Waals surface area contributed by atoms with Crippen LogP contribution in [-0.2, 0) is 0 Å². The van der Waals surface area contributed by atoms with Crippen molar-refractivity contribution in [1.29, 1.82) is 0 Å². The van der Waals surface area contributed by atoms with Gasteiger partial charge in [0.1, 0.15) is 5.82 Å². The van der Waals surface area contributed by atoms with E-state index in [-0.39, 0.29) is 15.9 Å². The lowest BCUT2D eigenvalue weighted by atomic mass is 10.2. The number of aryl methyl sites for hydroxylation is 1. The summed E-state index contributed by atoms with van der Waals surface area (Å²) in [5.74, 6) is 0.0745. The molecule has 0 atom stereocenters. The largest absolute Gasteiger partial charge is 0.207 e. The maximum atomic E-state index is 12.9. The van der Waals surface area contributed by atoms with Gasteiger partial charge in [0, 0.05) is 0 Å². The predicted molar refractivity (Wildman–Crippen MR) is 57.8 cm³/mol. The van der Waals surface area contributed by atoms with Gasteiger partial charge >= 0.3 is 0 Å². The monoisotopic (exact) mass is 258 g/mol. The molecule has 0 unspecified atom stereocenters. The van der Waals surface area contributed by atoms with E-state index in [1.165, 1.54) is 0 Å². The smallest absolute Gasteiger partial charge is 0.206 e. The summed E-state index contributed by atoms with van der Waals surface area (Å²) in [5, 5.41) is 15.3. The quantitative estimate of drug-likeness (QED) is 0.790. The molecule has 0 aliphatic heterocycles. The first kappa shape index (κ1) is 11.2. The molecule has 0 saturated heterocycles. The maximum Gasteiger partial charge on any atom is 0.206 e.